The average Bonchev–Trinajstić information content (AvgIpc) is 2.58. The third-order valence-corrected chi connectivity index (χ3v) is 5.49. The summed E-state index contributed by atoms with van der Waals surface area (Å²) in [7, 11) is -3.50. The Morgan fingerprint density at radius 3 is 2.28 bits per heavy atom. The minimum absolute atomic E-state index is 0.188. The Hall–Kier alpha value is -2.18. The zero-order chi connectivity index (χ0) is 18.4. The van der Waals surface area contributed by atoms with Gasteiger partial charge in [0.2, 0.25) is 10.0 Å². The van der Waals surface area contributed by atoms with Gasteiger partial charge in [0.15, 0.2) is 0 Å². The predicted molar refractivity (Wildman–Crippen MR) is 100 cm³/mol. The lowest BCUT2D eigenvalue weighted by Gasteiger charge is -2.09. The molecule has 2 N–H and O–H groups in total. The maximum Gasteiger partial charge on any atom is 0.255 e. The van der Waals surface area contributed by atoms with E-state index in [4.69, 9.17) is 0 Å². The Balaban J connectivity index is 2.07. The predicted octanol–water partition coefficient (Wildman–Crippen LogP) is 3.63. The van der Waals surface area contributed by atoms with E-state index in [0.717, 1.165) is 24.0 Å². The summed E-state index contributed by atoms with van der Waals surface area (Å²) in [6.07, 6.45) is 1.72. The molecule has 0 aliphatic carbocycles. The van der Waals surface area contributed by atoms with Gasteiger partial charge >= 0.3 is 0 Å². The lowest BCUT2D eigenvalue weighted by molar-refractivity contribution is 0.102. The number of nitrogens with one attached hydrogen (secondary N) is 2. The number of unbranched alkanes of at least 4 members (excludes halogenated alkanes) is 1. The van der Waals surface area contributed by atoms with Crippen molar-refractivity contribution in [3.8, 4) is 0 Å². The van der Waals surface area contributed by atoms with E-state index in [1.165, 1.54) is 12.1 Å². The summed E-state index contributed by atoms with van der Waals surface area (Å²) < 4.78 is 26.8. The number of benzene rings is 2. The van der Waals surface area contributed by atoms with Gasteiger partial charge in [-0.1, -0.05) is 19.4 Å². The van der Waals surface area contributed by atoms with Crippen LogP contribution in [0.4, 0.5) is 5.69 Å². The minimum Gasteiger partial charge on any atom is -0.322 e. The smallest absolute Gasteiger partial charge is 0.255 e. The Morgan fingerprint density at radius 2 is 1.68 bits per heavy atom. The van der Waals surface area contributed by atoms with Gasteiger partial charge in [0, 0.05) is 17.8 Å². The van der Waals surface area contributed by atoms with E-state index < -0.39 is 10.0 Å². The van der Waals surface area contributed by atoms with Gasteiger partial charge in [-0.2, -0.15) is 0 Å². The summed E-state index contributed by atoms with van der Waals surface area (Å²) >= 11 is 0. The summed E-state index contributed by atoms with van der Waals surface area (Å²) in [5.41, 5.74) is 3.30. The monoisotopic (exact) mass is 360 g/mol. The third-order valence-electron chi connectivity index (χ3n) is 4.01. The van der Waals surface area contributed by atoms with Crippen molar-refractivity contribution in [2.24, 2.45) is 0 Å². The maximum atomic E-state index is 12.3. The van der Waals surface area contributed by atoms with E-state index in [2.05, 4.69) is 10.0 Å². The van der Waals surface area contributed by atoms with Gasteiger partial charge in [-0.3, -0.25) is 4.79 Å². The van der Waals surface area contributed by atoms with Crippen LogP contribution in [0.3, 0.4) is 0 Å². The number of anilines is 1. The second-order valence-electron chi connectivity index (χ2n) is 6.03. The molecule has 0 aromatic heterocycles. The van der Waals surface area contributed by atoms with Crippen molar-refractivity contribution in [3.63, 3.8) is 0 Å². The van der Waals surface area contributed by atoms with Crippen LogP contribution in [0.1, 0.15) is 41.3 Å². The first-order valence-corrected chi connectivity index (χ1v) is 9.80. The van der Waals surface area contributed by atoms with Gasteiger partial charge in [-0.25, -0.2) is 13.1 Å². The number of carbonyl (C=O) groups excluding carboxylic acids is 1. The molecule has 1 amide bonds. The SMILES string of the molecule is CCCCNS(=O)(=O)c1ccc(NC(=O)c2ccc(C)c(C)c2)cc1. The third kappa shape index (κ3) is 5.14. The summed E-state index contributed by atoms with van der Waals surface area (Å²) in [5.74, 6) is -0.222. The maximum absolute atomic E-state index is 12.3. The Bertz CT molecular complexity index is 843. The van der Waals surface area contributed by atoms with Gasteiger partial charge in [0.25, 0.3) is 5.91 Å². The number of hydrogen-bond donors (Lipinski definition) is 2. The van der Waals surface area contributed by atoms with Crippen LogP contribution in [0.25, 0.3) is 0 Å². The number of amides is 1. The second-order valence-corrected chi connectivity index (χ2v) is 7.80. The van der Waals surface area contributed by atoms with Gasteiger partial charge in [-0.15, -0.1) is 0 Å². The van der Waals surface area contributed by atoms with E-state index in [0.29, 0.717) is 17.8 Å². The molecule has 0 radical (unpaired) electrons. The lowest BCUT2D eigenvalue weighted by atomic mass is 10.1. The molecule has 0 heterocycles. The number of carbonyl (C=O) groups is 1. The molecule has 0 aliphatic rings. The number of hydrogen-bond acceptors (Lipinski definition) is 3. The molecule has 134 valence electrons. The second kappa shape index (κ2) is 8.27. The Kier molecular flexibility index (Phi) is 6.33. The van der Waals surface area contributed by atoms with Crippen LogP contribution in [0.15, 0.2) is 47.4 Å². The zero-order valence-corrected chi connectivity index (χ0v) is 15.6. The molecule has 0 saturated carbocycles. The van der Waals surface area contributed by atoms with E-state index in [1.807, 2.05) is 32.9 Å². The molecule has 0 spiro atoms. The molecule has 0 bridgehead atoms. The van der Waals surface area contributed by atoms with E-state index in [-0.39, 0.29) is 10.8 Å². The molecule has 0 unspecified atom stereocenters. The average molecular weight is 360 g/mol. The number of aryl methyl sites for hydroxylation is 2. The molecule has 0 saturated heterocycles. The standard InChI is InChI=1S/C19H24N2O3S/c1-4-5-12-20-25(23,24)18-10-8-17(9-11-18)21-19(22)16-7-6-14(2)15(3)13-16/h6-11,13,20H,4-5,12H2,1-3H3,(H,21,22). The summed E-state index contributed by atoms with van der Waals surface area (Å²) in [6.45, 7) is 6.37. The topological polar surface area (TPSA) is 75.3 Å². The van der Waals surface area contributed by atoms with Crippen LogP contribution in [0.2, 0.25) is 0 Å². The van der Waals surface area contributed by atoms with Gasteiger partial charge < -0.3 is 5.32 Å². The Morgan fingerprint density at radius 1 is 1.00 bits per heavy atom. The highest BCUT2D eigenvalue weighted by molar-refractivity contribution is 7.89. The van der Waals surface area contributed by atoms with Crippen LogP contribution >= 0.6 is 0 Å². The van der Waals surface area contributed by atoms with Crippen molar-refractivity contribution in [3.05, 3.63) is 59.2 Å². The molecule has 0 fully saturated rings. The van der Waals surface area contributed by atoms with Crippen molar-refractivity contribution < 1.29 is 13.2 Å². The highest BCUT2D eigenvalue weighted by Crippen LogP contribution is 2.16. The molecule has 0 aliphatic heterocycles. The van der Waals surface area contributed by atoms with Gasteiger partial charge in [0.1, 0.15) is 0 Å². The number of rotatable bonds is 7. The fourth-order valence-corrected chi connectivity index (χ4v) is 3.34. The molecule has 25 heavy (non-hydrogen) atoms. The van der Waals surface area contributed by atoms with Crippen molar-refractivity contribution >= 4 is 21.6 Å². The van der Waals surface area contributed by atoms with E-state index in [9.17, 15) is 13.2 Å². The van der Waals surface area contributed by atoms with Crippen molar-refractivity contribution in [2.75, 3.05) is 11.9 Å². The highest BCUT2D eigenvalue weighted by Gasteiger charge is 2.13. The van der Waals surface area contributed by atoms with E-state index in [1.54, 1.807) is 18.2 Å². The summed E-state index contributed by atoms with van der Waals surface area (Å²) in [5, 5.41) is 2.78. The van der Waals surface area contributed by atoms with Crippen molar-refractivity contribution in [2.45, 2.75) is 38.5 Å². The molecule has 2 aromatic carbocycles. The molecule has 2 aromatic rings. The minimum atomic E-state index is -3.50. The summed E-state index contributed by atoms with van der Waals surface area (Å²) in [6, 6.07) is 11.7. The quantitative estimate of drug-likeness (QED) is 0.740. The normalized spacial score (nSPS) is 11.3. The fourth-order valence-electron chi connectivity index (χ4n) is 2.27. The zero-order valence-electron chi connectivity index (χ0n) is 14.8. The molecule has 6 heteroatoms. The first-order chi connectivity index (χ1) is 11.8. The first kappa shape index (κ1) is 19.1. The number of sulfonamides is 1. The molecule has 5 nitrogen and oxygen atoms in total. The van der Waals surface area contributed by atoms with Gasteiger partial charge in [0.05, 0.1) is 4.90 Å². The lowest BCUT2D eigenvalue weighted by Crippen LogP contribution is -2.24. The Labute approximate surface area is 149 Å². The fraction of sp³-hybridized carbons (Fsp3) is 0.316. The molecular formula is C19H24N2O3S. The largest absolute Gasteiger partial charge is 0.322 e. The van der Waals surface area contributed by atoms with Crippen LogP contribution in [-0.4, -0.2) is 20.9 Å². The highest BCUT2D eigenvalue weighted by atomic mass is 32.2. The van der Waals surface area contributed by atoms with Crippen LogP contribution in [0, 0.1) is 13.8 Å². The van der Waals surface area contributed by atoms with Crippen LogP contribution in [0.5, 0.6) is 0 Å². The molecular weight excluding hydrogens is 336 g/mol. The molecule has 0 atom stereocenters. The van der Waals surface area contributed by atoms with E-state index >= 15 is 0 Å². The van der Waals surface area contributed by atoms with Gasteiger partial charge in [-0.05, 0) is 67.8 Å². The summed E-state index contributed by atoms with van der Waals surface area (Å²) in [4.78, 5) is 12.5. The van der Waals surface area contributed by atoms with Crippen LogP contribution in [-0.2, 0) is 10.0 Å². The van der Waals surface area contributed by atoms with Crippen molar-refractivity contribution in [1.82, 2.24) is 4.72 Å². The first-order valence-electron chi connectivity index (χ1n) is 8.32. The van der Waals surface area contributed by atoms with Crippen LogP contribution < -0.4 is 10.0 Å². The molecule has 2 rings (SSSR count). The van der Waals surface area contributed by atoms with Crippen molar-refractivity contribution in [1.29, 1.82) is 0 Å².